The molecule has 0 unspecified atom stereocenters. The molecule has 0 saturated carbocycles. The van der Waals surface area contributed by atoms with Crippen molar-refractivity contribution in [2.45, 2.75) is 13.5 Å². The summed E-state index contributed by atoms with van der Waals surface area (Å²) in [7, 11) is 0. The van der Waals surface area contributed by atoms with Crippen LogP contribution in [0.3, 0.4) is 0 Å². The van der Waals surface area contributed by atoms with Crippen LogP contribution < -0.4 is 5.32 Å². The Morgan fingerprint density at radius 3 is 2.67 bits per heavy atom. The lowest BCUT2D eigenvalue weighted by atomic mass is 10.2. The van der Waals surface area contributed by atoms with Crippen molar-refractivity contribution in [3.8, 4) is 0 Å². The van der Waals surface area contributed by atoms with Crippen LogP contribution in [-0.2, 0) is 6.54 Å². The molecule has 0 spiro atoms. The van der Waals surface area contributed by atoms with E-state index in [1.807, 2.05) is 31.2 Å². The van der Waals surface area contributed by atoms with E-state index in [9.17, 15) is 9.18 Å². The van der Waals surface area contributed by atoms with Gasteiger partial charge in [0, 0.05) is 17.4 Å². The van der Waals surface area contributed by atoms with Crippen molar-refractivity contribution in [2.24, 2.45) is 0 Å². The lowest BCUT2D eigenvalue weighted by molar-refractivity contribution is 0.0947. The van der Waals surface area contributed by atoms with Crippen molar-refractivity contribution in [3.05, 3.63) is 71.2 Å². The molecule has 21 heavy (non-hydrogen) atoms. The van der Waals surface area contributed by atoms with E-state index in [1.54, 1.807) is 12.1 Å². The number of aromatic nitrogens is 1. The van der Waals surface area contributed by atoms with E-state index in [0.29, 0.717) is 12.2 Å². The number of amides is 1. The van der Waals surface area contributed by atoms with Gasteiger partial charge >= 0.3 is 0 Å². The molecule has 2 N–H and O–H groups in total. The standard InChI is InChI=1S/C17H15FN2O/c1-11-2-7-15-13(8-11)9-16(20-15)17(21)19-10-12-3-5-14(18)6-4-12/h2-9,20H,10H2,1H3,(H,19,21). The van der Waals surface area contributed by atoms with Crippen LogP contribution in [0.4, 0.5) is 4.39 Å². The van der Waals surface area contributed by atoms with Crippen molar-refractivity contribution in [1.29, 1.82) is 0 Å². The zero-order valence-electron chi connectivity index (χ0n) is 11.6. The fourth-order valence-corrected chi connectivity index (χ4v) is 2.25. The number of hydrogen-bond donors (Lipinski definition) is 2. The van der Waals surface area contributed by atoms with Crippen LogP contribution in [0.5, 0.6) is 0 Å². The molecule has 3 aromatic rings. The highest BCUT2D eigenvalue weighted by molar-refractivity contribution is 5.98. The maximum atomic E-state index is 12.8. The highest BCUT2D eigenvalue weighted by Crippen LogP contribution is 2.17. The monoisotopic (exact) mass is 282 g/mol. The molecule has 0 aliphatic rings. The molecule has 0 bridgehead atoms. The molecule has 0 saturated heterocycles. The Hall–Kier alpha value is -2.62. The Kier molecular flexibility index (Phi) is 3.44. The van der Waals surface area contributed by atoms with Crippen molar-refractivity contribution >= 4 is 16.8 Å². The number of aromatic amines is 1. The zero-order valence-corrected chi connectivity index (χ0v) is 11.6. The number of carbonyl (C=O) groups is 1. The highest BCUT2D eigenvalue weighted by atomic mass is 19.1. The third-order valence-corrected chi connectivity index (χ3v) is 3.39. The number of fused-ring (bicyclic) bond motifs is 1. The third kappa shape index (κ3) is 2.94. The molecule has 0 atom stereocenters. The van der Waals surface area contributed by atoms with Crippen LogP contribution in [0, 0.1) is 12.7 Å². The molecular formula is C17H15FN2O. The molecule has 1 aromatic heterocycles. The molecule has 106 valence electrons. The van der Waals surface area contributed by atoms with E-state index >= 15 is 0 Å². The van der Waals surface area contributed by atoms with Crippen LogP contribution in [-0.4, -0.2) is 10.9 Å². The second-order valence-electron chi connectivity index (χ2n) is 5.08. The summed E-state index contributed by atoms with van der Waals surface area (Å²) in [6, 6.07) is 13.9. The maximum absolute atomic E-state index is 12.8. The molecule has 0 radical (unpaired) electrons. The van der Waals surface area contributed by atoms with Crippen molar-refractivity contribution in [2.75, 3.05) is 0 Å². The minimum absolute atomic E-state index is 0.173. The molecule has 1 heterocycles. The van der Waals surface area contributed by atoms with Crippen LogP contribution in [0.25, 0.3) is 10.9 Å². The Morgan fingerprint density at radius 2 is 1.90 bits per heavy atom. The molecule has 2 aromatic carbocycles. The van der Waals surface area contributed by atoms with Gasteiger partial charge in [0.15, 0.2) is 0 Å². The second kappa shape index (κ2) is 5.40. The summed E-state index contributed by atoms with van der Waals surface area (Å²) in [5, 5.41) is 3.83. The number of halogens is 1. The van der Waals surface area contributed by atoms with Gasteiger partial charge in [0.25, 0.3) is 5.91 Å². The molecule has 0 fully saturated rings. The van der Waals surface area contributed by atoms with Crippen LogP contribution in [0.15, 0.2) is 48.5 Å². The van der Waals surface area contributed by atoms with Gasteiger partial charge in [-0.1, -0.05) is 23.8 Å². The van der Waals surface area contributed by atoms with Gasteiger partial charge in [-0.15, -0.1) is 0 Å². The van der Waals surface area contributed by atoms with Crippen LogP contribution >= 0.6 is 0 Å². The summed E-state index contributed by atoms with van der Waals surface area (Å²) >= 11 is 0. The van der Waals surface area contributed by atoms with Gasteiger partial charge in [0.2, 0.25) is 0 Å². The minimum atomic E-state index is -0.281. The Bertz CT molecular complexity index is 790. The van der Waals surface area contributed by atoms with E-state index in [4.69, 9.17) is 0 Å². The smallest absolute Gasteiger partial charge is 0.267 e. The first-order chi connectivity index (χ1) is 10.1. The number of hydrogen-bond acceptors (Lipinski definition) is 1. The lowest BCUT2D eigenvalue weighted by Gasteiger charge is -2.03. The number of aryl methyl sites for hydroxylation is 1. The molecule has 3 nitrogen and oxygen atoms in total. The van der Waals surface area contributed by atoms with Gasteiger partial charge in [0.05, 0.1) is 0 Å². The minimum Gasteiger partial charge on any atom is -0.351 e. The van der Waals surface area contributed by atoms with Gasteiger partial charge in [0.1, 0.15) is 11.5 Å². The molecule has 1 amide bonds. The third-order valence-electron chi connectivity index (χ3n) is 3.39. The van der Waals surface area contributed by atoms with Crippen molar-refractivity contribution in [3.63, 3.8) is 0 Å². The summed E-state index contributed by atoms with van der Waals surface area (Å²) in [5.41, 5.74) is 3.47. The Balaban J connectivity index is 1.73. The predicted molar refractivity (Wildman–Crippen MR) is 80.6 cm³/mol. The van der Waals surface area contributed by atoms with Gasteiger partial charge in [-0.3, -0.25) is 4.79 Å². The average Bonchev–Trinajstić information content (AvgIpc) is 2.89. The molecule has 0 aliphatic carbocycles. The van der Waals surface area contributed by atoms with Gasteiger partial charge < -0.3 is 10.3 Å². The normalized spacial score (nSPS) is 10.8. The van der Waals surface area contributed by atoms with E-state index < -0.39 is 0 Å². The fourth-order valence-electron chi connectivity index (χ4n) is 2.25. The number of carbonyl (C=O) groups excluding carboxylic acids is 1. The highest BCUT2D eigenvalue weighted by Gasteiger charge is 2.09. The SMILES string of the molecule is Cc1ccc2[nH]c(C(=O)NCc3ccc(F)cc3)cc2c1. The number of nitrogens with one attached hydrogen (secondary N) is 2. The zero-order chi connectivity index (χ0) is 14.8. The van der Waals surface area contributed by atoms with Gasteiger partial charge in [-0.2, -0.15) is 0 Å². The quantitative estimate of drug-likeness (QED) is 0.758. The molecule has 3 rings (SSSR count). The van der Waals surface area contributed by atoms with Crippen molar-refractivity contribution < 1.29 is 9.18 Å². The van der Waals surface area contributed by atoms with E-state index in [0.717, 1.165) is 22.0 Å². The van der Waals surface area contributed by atoms with E-state index in [1.165, 1.54) is 12.1 Å². The Morgan fingerprint density at radius 1 is 1.14 bits per heavy atom. The Labute approximate surface area is 121 Å². The van der Waals surface area contributed by atoms with E-state index in [-0.39, 0.29) is 11.7 Å². The number of H-pyrrole nitrogens is 1. The first-order valence-corrected chi connectivity index (χ1v) is 6.74. The summed E-state index contributed by atoms with van der Waals surface area (Å²) in [4.78, 5) is 15.2. The molecular weight excluding hydrogens is 267 g/mol. The first-order valence-electron chi connectivity index (χ1n) is 6.74. The topological polar surface area (TPSA) is 44.9 Å². The fraction of sp³-hybridized carbons (Fsp3) is 0.118. The largest absolute Gasteiger partial charge is 0.351 e. The maximum Gasteiger partial charge on any atom is 0.267 e. The predicted octanol–water partition coefficient (Wildman–Crippen LogP) is 3.55. The van der Waals surface area contributed by atoms with Crippen molar-refractivity contribution in [1.82, 2.24) is 10.3 Å². The van der Waals surface area contributed by atoms with Gasteiger partial charge in [-0.25, -0.2) is 4.39 Å². The average molecular weight is 282 g/mol. The first kappa shape index (κ1) is 13.4. The number of benzene rings is 2. The number of rotatable bonds is 3. The molecule has 0 aliphatic heterocycles. The summed E-state index contributed by atoms with van der Waals surface area (Å²) in [5.74, 6) is -0.454. The van der Waals surface area contributed by atoms with E-state index in [2.05, 4.69) is 10.3 Å². The van der Waals surface area contributed by atoms with Crippen LogP contribution in [0.2, 0.25) is 0 Å². The van der Waals surface area contributed by atoms with Gasteiger partial charge in [-0.05, 0) is 42.8 Å². The summed E-state index contributed by atoms with van der Waals surface area (Å²) in [6.07, 6.45) is 0. The van der Waals surface area contributed by atoms with Crippen LogP contribution in [0.1, 0.15) is 21.6 Å². The molecule has 4 heteroatoms. The summed E-state index contributed by atoms with van der Waals surface area (Å²) < 4.78 is 12.8. The summed E-state index contributed by atoms with van der Waals surface area (Å²) in [6.45, 7) is 2.38. The lowest BCUT2D eigenvalue weighted by Crippen LogP contribution is -2.23. The second-order valence-corrected chi connectivity index (χ2v) is 5.08.